The van der Waals surface area contributed by atoms with E-state index in [1.807, 2.05) is 24.3 Å². The summed E-state index contributed by atoms with van der Waals surface area (Å²) < 4.78 is 31.7. The van der Waals surface area contributed by atoms with Crippen molar-refractivity contribution < 1.29 is 37.8 Å². The molecule has 7 nitrogen and oxygen atoms in total. The summed E-state index contributed by atoms with van der Waals surface area (Å²) in [5, 5.41) is 22.9. The summed E-state index contributed by atoms with van der Waals surface area (Å²) in [5.41, 5.74) is 1.79. The normalized spacial score (nSPS) is 23.0. The highest BCUT2D eigenvalue weighted by Crippen LogP contribution is 2.40. The number of hydrogen-bond acceptors (Lipinski definition) is 4. The van der Waals surface area contributed by atoms with Gasteiger partial charge in [0.05, 0.1) is 12.0 Å². The van der Waals surface area contributed by atoms with Gasteiger partial charge in [-0.25, -0.2) is 4.79 Å². The largest absolute Gasteiger partial charge is 0.490 e. The number of piperidine rings is 1. The highest BCUT2D eigenvalue weighted by atomic mass is 19.4. The summed E-state index contributed by atoms with van der Waals surface area (Å²) in [7, 11) is 0. The summed E-state index contributed by atoms with van der Waals surface area (Å²) in [6, 6.07) is 7.36. The fourth-order valence-corrected chi connectivity index (χ4v) is 3.78. The number of hydrogen-bond donors (Lipinski definition) is 4. The number of carboxylic acids is 2. The Balaban J connectivity index is 0.000000396. The molecule has 1 aromatic carbocycles. The van der Waals surface area contributed by atoms with Crippen molar-refractivity contribution in [1.82, 2.24) is 10.6 Å². The maximum absolute atomic E-state index is 12.2. The fourth-order valence-electron chi connectivity index (χ4n) is 3.78. The fraction of sp³-hybridized carbons (Fsp3) is 0.550. The van der Waals surface area contributed by atoms with Crippen LogP contribution < -0.4 is 10.6 Å². The molecule has 1 amide bonds. The summed E-state index contributed by atoms with van der Waals surface area (Å²) in [6.45, 7) is 2.08. The van der Waals surface area contributed by atoms with Gasteiger partial charge in [0.25, 0.3) is 0 Å². The number of nitrogens with one attached hydrogen (secondary N) is 2. The van der Waals surface area contributed by atoms with E-state index in [2.05, 4.69) is 10.6 Å². The van der Waals surface area contributed by atoms with Crippen molar-refractivity contribution in [2.45, 2.75) is 50.2 Å². The lowest BCUT2D eigenvalue weighted by atomic mass is 9.94. The summed E-state index contributed by atoms with van der Waals surface area (Å²) in [6.07, 6.45) is -0.847. The van der Waals surface area contributed by atoms with Gasteiger partial charge < -0.3 is 20.8 Å². The number of carbonyl (C=O) groups is 3. The molecule has 0 spiro atoms. The number of amides is 1. The van der Waals surface area contributed by atoms with Crippen LogP contribution >= 0.6 is 0 Å². The molecule has 3 unspecified atom stereocenters. The first kappa shape index (κ1) is 23.7. The Morgan fingerprint density at radius 1 is 1.13 bits per heavy atom. The molecule has 3 rings (SSSR count). The van der Waals surface area contributed by atoms with Crippen molar-refractivity contribution in [3.8, 4) is 0 Å². The van der Waals surface area contributed by atoms with E-state index >= 15 is 0 Å². The summed E-state index contributed by atoms with van der Waals surface area (Å²) in [4.78, 5) is 32.6. The van der Waals surface area contributed by atoms with Crippen molar-refractivity contribution >= 4 is 17.8 Å². The molecule has 3 atom stereocenters. The maximum Gasteiger partial charge on any atom is 0.490 e. The van der Waals surface area contributed by atoms with Crippen LogP contribution in [-0.4, -0.2) is 47.3 Å². The van der Waals surface area contributed by atoms with E-state index in [0.717, 1.165) is 30.6 Å². The van der Waals surface area contributed by atoms with E-state index in [9.17, 15) is 27.9 Å². The SMILES string of the molecule is O=C(CCC1CCCNC1)NC1CC(C(=O)O)c2ccccc21.O=C(O)C(F)(F)F. The third-order valence-corrected chi connectivity index (χ3v) is 5.27. The standard InChI is InChI=1S/C18H24N2O3.C2HF3O2/c21-17(8-7-12-4-3-9-19-11-12)20-16-10-15(18(22)23)13-5-1-2-6-14(13)16;3-2(4,5)1(6)7/h1-2,5-6,12,15-16,19H,3-4,7-11H2,(H,20,21)(H,22,23);(H,6,7). The van der Waals surface area contributed by atoms with Crippen LogP contribution in [0.4, 0.5) is 13.2 Å². The lowest BCUT2D eigenvalue weighted by Crippen LogP contribution is -2.32. The number of alkyl halides is 3. The zero-order chi connectivity index (χ0) is 22.3. The van der Waals surface area contributed by atoms with E-state index in [4.69, 9.17) is 9.90 Å². The van der Waals surface area contributed by atoms with Gasteiger partial charge in [-0.3, -0.25) is 9.59 Å². The number of halogens is 3. The molecule has 1 aromatic rings. The van der Waals surface area contributed by atoms with Crippen LogP contribution in [0.5, 0.6) is 0 Å². The third-order valence-electron chi connectivity index (χ3n) is 5.27. The first-order valence-electron chi connectivity index (χ1n) is 9.71. The van der Waals surface area contributed by atoms with Crippen LogP contribution in [0.15, 0.2) is 24.3 Å². The predicted octanol–water partition coefficient (Wildman–Crippen LogP) is 2.83. The Morgan fingerprint density at radius 2 is 1.77 bits per heavy atom. The third kappa shape index (κ3) is 6.72. The maximum atomic E-state index is 12.2. The molecule has 1 saturated heterocycles. The Kier molecular flexibility index (Phi) is 8.22. The van der Waals surface area contributed by atoms with Crippen LogP contribution in [-0.2, 0) is 14.4 Å². The second-order valence-corrected chi connectivity index (χ2v) is 7.43. The molecule has 1 aliphatic carbocycles. The number of benzene rings is 1. The van der Waals surface area contributed by atoms with Crippen molar-refractivity contribution in [3.05, 3.63) is 35.4 Å². The molecule has 1 aliphatic heterocycles. The lowest BCUT2D eigenvalue weighted by Gasteiger charge is -2.22. The second-order valence-electron chi connectivity index (χ2n) is 7.43. The Morgan fingerprint density at radius 3 is 2.30 bits per heavy atom. The molecular weight excluding hydrogens is 405 g/mol. The molecule has 166 valence electrons. The predicted molar refractivity (Wildman–Crippen MR) is 101 cm³/mol. The van der Waals surface area contributed by atoms with Crippen molar-refractivity contribution in [2.75, 3.05) is 13.1 Å². The number of carbonyl (C=O) groups excluding carboxylic acids is 1. The molecule has 30 heavy (non-hydrogen) atoms. The first-order valence-corrected chi connectivity index (χ1v) is 9.71. The molecule has 0 bridgehead atoms. The van der Waals surface area contributed by atoms with Crippen LogP contribution in [0.2, 0.25) is 0 Å². The molecule has 1 fully saturated rings. The van der Waals surface area contributed by atoms with E-state index in [0.29, 0.717) is 18.8 Å². The van der Waals surface area contributed by atoms with E-state index < -0.39 is 24.0 Å². The average Bonchev–Trinajstić information content (AvgIpc) is 3.06. The molecule has 0 radical (unpaired) electrons. The average molecular weight is 430 g/mol. The highest BCUT2D eigenvalue weighted by molar-refractivity contribution is 5.80. The number of rotatable bonds is 5. The first-order chi connectivity index (χ1) is 14.1. The van der Waals surface area contributed by atoms with Crippen LogP contribution in [0.25, 0.3) is 0 Å². The zero-order valence-electron chi connectivity index (χ0n) is 16.2. The van der Waals surface area contributed by atoms with Crippen molar-refractivity contribution in [3.63, 3.8) is 0 Å². The Hall–Kier alpha value is -2.62. The van der Waals surface area contributed by atoms with E-state index in [1.54, 1.807) is 0 Å². The quantitative estimate of drug-likeness (QED) is 0.571. The van der Waals surface area contributed by atoms with Gasteiger partial charge in [-0.1, -0.05) is 24.3 Å². The van der Waals surface area contributed by atoms with Gasteiger partial charge >= 0.3 is 18.1 Å². The zero-order valence-corrected chi connectivity index (χ0v) is 16.2. The van der Waals surface area contributed by atoms with Crippen LogP contribution in [0.3, 0.4) is 0 Å². The molecular formula is C20H25F3N2O5. The summed E-state index contributed by atoms with van der Waals surface area (Å²) in [5.74, 6) is -3.48. The minimum Gasteiger partial charge on any atom is -0.481 e. The molecule has 0 saturated carbocycles. The number of carboxylic acid groups (broad SMARTS) is 2. The van der Waals surface area contributed by atoms with Crippen molar-refractivity contribution in [2.24, 2.45) is 5.92 Å². The second kappa shape index (κ2) is 10.4. The highest BCUT2D eigenvalue weighted by Gasteiger charge is 2.38. The molecule has 1 heterocycles. The molecule has 2 aliphatic rings. The Bertz CT molecular complexity index is 763. The molecule has 10 heteroatoms. The van der Waals surface area contributed by atoms with Gasteiger partial charge in [0.2, 0.25) is 5.91 Å². The van der Waals surface area contributed by atoms with E-state index in [1.165, 1.54) is 12.8 Å². The lowest BCUT2D eigenvalue weighted by molar-refractivity contribution is -0.192. The van der Waals surface area contributed by atoms with Gasteiger partial charge in [-0.05, 0) is 55.8 Å². The van der Waals surface area contributed by atoms with Crippen LogP contribution in [0.1, 0.15) is 55.2 Å². The minimum absolute atomic E-state index is 0.0291. The van der Waals surface area contributed by atoms with Crippen LogP contribution in [0, 0.1) is 5.92 Å². The van der Waals surface area contributed by atoms with E-state index in [-0.39, 0.29) is 11.9 Å². The van der Waals surface area contributed by atoms with Crippen molar-refractivity contribution in [1.29, 1.82) is 0 Å². The van der Waals surface area contributed by atoms with Gasteiger partial charge in [-0.15, -0.1) is 0 Å². The molecule has 0 aromatic heterocycles. The van der Waals surface area contributed by atoms with Gasteiger partial charge in [0.1, 0.15) is 0 Å². The monoisotopic (exact) mass is 430 g/mol. The summed E-state index contributed by atoms with van der Waals surface area (Å²) >= 11 is 0. The molecule has 4 N–H and O–H groups in total. The number of aliphatic carboxylic acids is 2. The van der Waals surface area contributed by atoms with Gasteiger partial charge in [-0.2, -0.15) is 13.2 Å². The van der Waals surface area contributed by atoms with Gasteiger partial charge in [0, 0.05) is 6.42 Å². The smallest absolute Gasteiger partial charge is 0.481 e. The van der Waals surface area contributed by atoms with Gasteiger partial charge in [0.15, 0.2) is 0 Å². The minimum atomic E-state index is -5.08. The topological polar surface area (TPSA) is 116 Å². The Labute approximate surface area is 171 Å². The number of fused-ring (bicyclic) bond motifs is 1.